The van der Waals surface area contributed by atoms with Gasteiger partial charge in [-0.05, 0) is 11.6 Å². The fraction of sp³-hybridized carbons (Fsp3) is 0.167. The molecule has 8 heteroatoms. The topological polar surface area (TPSA) is 65.7 Å². The Balaban J connectivity index is 1.97. The molecule has 0 aromatic carbocycles. The van der Waals surface area contributed by atoms with Crippen molar-refractivity contribution in [2.24, 2.45) is 0 Å². The van der Waals surface area contributed by atoms with Gasteiger partial charge in [-0.15, -0.1) is 0 Å². The van der Waals surface area contributed by atoms with E-state index in [1.807, 2.05) is 4.57 Å². The highest BCUT2D eigenvalue weighted by molar-refractivity contribution is 6.33. The molecule has 6 nitrogen and oxygen atoms in total. The van der Waals surface area contributed by atoms with Crippen LogP contribution in [0.25, 0.3) is 11.2 Å². The summed E-state index contributed by atoms with van der Waals surface area (Å²) in [6.07, 6.45) is 4.75. The Kier molecular flexibility index (Phi) is 3.42. The van der Waals surface area contributed by atoms with Crippen LogP contribution in [-0.4, -0.2) is 31.6 Å². The average molecular weight is 310 g/mol. The van der Waals surface area contributed by atoms with Crippen molar-refractivity contribution in [1.82, 2.24) is 24.5 Å². The van der Waals surface area contributed by atoms with Gasteiger partial charge < -0.3 is 9.30 Å². The number of imidazole rings is 1. The highest BCUT2D eigenvalue weighted by atomic mass is 35.5. The van der Waals surface area contributed by atoms with Crippen LogP contribution < -0.4 is 4.74 Å². The minimum absolute atomic E-state index is 0.333. The van der Waals surface area contributed by atoms with Crippen LogP contribution in [0.15, 0.2) is 24.9 Å². The highest BCUT2D eigenvalue weighted by Crippen LogP contribution is 2.23. The van der Waals surface area contributed by atoms with E-state index in [1.54, 1.807) is 18.6 Å². The Morgan fingerprint density at radius 1 is 1.20 bits per heavy atom. The molecule has 20 heavy (non-hydrogen) atoms. The molecular formula is C12H9Cl2N5O. The Bertz CT molecular complexity index is 774. The van der Waals surface area contributed by atoms with Gasteiger partial charge in [-0.2, -0.15) is 0 Å². The number of hydrogen-bond donors (Lipinski definition) is 0. The summed E-state index contributed by atoms with van der Waals surface area (Å²) in [4.78, 5) is 16.4. The predicted octanol–water partition coefficient (Wildman–Crippen LogP) is 2.59. The maximum absolute atomic E-state index is 6.05. The van der Waals surface area contributed by atoms with E-state index in [1.165, 1.54) is 13.4 Å². The molecule has 0 N–H and O–H groups in total. The van der Waals surface area contributed by atoms with Crippen LogP contribution >= 0.6 is 23.2 Å². The second-order valence-corrected chi connectivity index (χ2v) is 4.81. The normalized spacial score (nSPS) is 10.9. The molecule has 0 saturated heterocycles. The minimum Gasteiger partial charge on any atom is -0.480 e. The van der Waals surface area contributed by atoms with Crippen LogP contribution in [0.2, 0.25) is 10.2 Å². The molecule has 0 bridgehead atoms. The van der Waals surface area contributed by atoms with Crippen molar-refractivity contribution in [2.45, 2.75) is 6.54 Å². The summed E-state index contributed by atoms with van der Waals surface area (Å²) < 4.78 is 6.87. The quantitative estimate of drug-likeness (QED) is 0.696. The first kappa shape index (κ1) is 13.1. The summed E-state index contributed by atoms with van der Waals surface area (Å²) in [5.74, 6) is 0.399. The van der Waals surface area contributed by atoms with Gasteiger partial charge in [-0.25, -0.2) is 19.9 Å². The van der Waals surface area contributed by atoms with E-state index in [-0.39, 0.29) is 0 Å². The van der Waals surface area contributed by atoms with Gasteiger partial charge in [0.15, 0.2) is 10.8 Å². The first-order valence-electron chi connectivity index (χ1n) is 5.69. The largest absolute Gasteiger partial charge is 0.480 e. The molecule has 0 spiro atoms. The van der Waals surface area contributed by atoms with Crippen molar-refractivity contribution in [3.05, 3.63) is 40.7 Å². The third-order valence-corrected chi connectivity index (χ3v) is 3.31. The molecule has 0 unspecified atom stereocenters. The van der Waals surface area contributed by atoms with E-state index in [0.717, 1.165) is 5.56 Å². The van der Waals surface area contributed by atoms with Crippen molar-refractivity contribution in [2.75, 3.05) is 7.11 Å². The van der Waals surface area contributed by atoms with Crippen molar-refractivity contribution < 1.29 is 4.74 Å². The summed E-state index contributed by atoms with van der Waals surface area (Å²) in [7, 11) is 1.52. The van der Waals surface area contributed by atoms with E-state index in [4.69, 9.17) is 27.9 Å². The third kappa shape index (κ3) is 2.28. The van der Waals surface area contributed by atoms with Gasteiger partial charge in [0, 0.05) is 6.20 Å². The molecule has 0 aliphatic rings. The Morgan fingerprint density at radius 2 is 2.05 bits per heavy atom. The lowest BCUT2D eigenvalue weighted by Crippen LogP contribution is -2.01. The predicted molar refractivity (Wildman–Crippen MR) is 75.2 cm³/mol. The number of rotatable bonds is 3. The molecular weight excluding hydrogens is 301 g/mol. The molecule has 0 aliphatic carbocycles. The lowest BCUT2D eigenvalue weighted by molar-refractivity contribution is 0.398. The second-order valence-electron chi connectivity index (χ2n) is 4.04. The van der Waals surface area contributed by atoms with Gasteiger partial charge in [-0.1, -0.05) is 23.2 Å². The molecule has 102 valence electrons. The van der Waals surface area contributed by atoms with Gasteiger partial charge in [0.25, 0.3) is 0 Å². The van der Waals surface area contributed by atoms with Crippen molar-refractivity contribution in [3.63, 3.8) is 0 Å². The molecule has 3 heterocycles. The standard InChI is InChI=1S/C12H9Cl2N5O/c1-20-12-8(13)2-7(3-15-12)4-19-6-18-9-10(14)16-5-17-11(9)19/h2-3,5-6H,4H2,1H3. The summed E-state index contributed by atoms with van der Waals surface area (Å²) >= 11 is 12.0. The van der Waals surface area contributed by atoms with E-state index < -0.39 is 0 Å². The molecule has 3 rings (SSSR count). The van der Waals surface area contributed by atoms with Crippen LogP contribution in [0.3, 0.4) is 0 Å². The van der Waals surface area contributed by atoms with Crippen molar-refractivity contribution in [1.29, 1.82) is 0 Å². The smallest absolute Gasteiger partial charge is 0.232 e. The molecule has 0 radical (unpaired) electrons. The average Bonchev–Trinajstić information content (AvgIpc) is 2.84. The second kappa shape index (κ2) is 5.22. The van der Waals surface area contributed by atoms with Gasteiger partial charge >= 0.3 is 0 Å². The molecule has 0 aliphatic heterocycles. The van der Waals surface area contributed by atoms with Gasteiger partial charge in [0.05, 0.1) is 20.0 Å². The Labute approximate surface area is 124 Å². The molecule has 0 saturated carbocycles. The van der Waals surface area contributed by atoms with Crippen LogP contribution in [0, 0.1) is 0 Å². The number of hydrogen-bond acceptors (Lipinski definition) is 5. The van der Waals surface area contributed by atoms with Crippen LogP contribution in [0.1, 0.15) is 5.56 Å². The zero-order valence-electron chi connectivity index (χ0n) is 10.4. The maximum atomic E-state index is 6.05. The Hall–Kier alpha value is -1.92. The third-order valence-electron chi connectivity index (χ3n) is 2.77. The first-order valence-corrected chi connectivity index (χ1v) is 6.44. The van der Waals surface area contributed by atoms with E-state index in [9.17, 15) is 0 Å². The lowest BCUT2D eigenvalue weighted by atomic mass is 10.3. The van der Waals surface area contributed by atoms with Crippen molar-refractivity contribution in [3.8, 4) is 5.88 Å². The van der Waals surface area contributed by atoms with E-state index >= 15 is 0 Å². The lowest BCUT2D eigenvalue weighted by Gasteiger charge is -2.06. The maximum Gasteiger partial charge on any atom is 0.232 e. The summed E-state index contributed by atoms with van der Waals surface area (Å²) in [5.41, 5.74) is 2.14. The number of methoxy groups -OCH3 is 1. The van der Waals surface area contributed by atoms with Crippen molar-refractivity contribution >= 4 is 34.4 Å². The fourth-order valence-corrected chi connectivity index (χ4v) is 2.31. The highest BCUT2D eigenvalue weighted by Gasteiger charge is 2.10. The molecule has 0 fully saturated rings. The number of nitrogens with zero attached hydrogens (tertiary/aromatic N) is 5. The zero-order valence-corrected chi connectivity index (χ0v) is 11.9. The number of fused-ring (bicyclic) bond motifs is 1. The van der Waals surface area contributed by atoms with Gasteiger partial charge in [0.1, 0.15) is 16.9 Å². The molecule has 0 amide bonds. The first-order chi connectivity index (χ1) is 9.69. The molecule has 0 atom stereocenters. The molecule has 3 aromatic heterocycles. The van der Waals surface area contributed by atoms with Crippen LogP contribution in [0.4, 0.5) is 0 Å². The number of pyridine rings is 1. The van der Waals surface area contributed by atoms with Gasteiger partial charge in [-0.3, -0.25) is 0 Å². The summed E-state index contributed by atoms with van der Waals surface area (Å²) in [6.45, 7) is 0.528. The SMILES string of the molecule is COc1ncc(Cn2cnc3c(Cl)ncnc32)cc1Cl. The summed E-state index contributed by atoms with van der Waals surface area (Å²) in [6, 6.07) is 1.79. The number of aromatic nitrogens is 5. The number of halogens is 2. The molecule has 3 aromatic rings. The Morgan fingerprint density at radius 3 is 2.80 bits per heavy atom. The van der Waals surface area contributed by atoms with Gasteiger partial charge in [0.2, 0.25) is 5.88 Å². The van der Waals surface area contributed by atoms with E-state index in [0.29, 0.717) is 33.8 Å². The minimum atomic E-state index is 0.333. The number of ether oxygens (including phenoxy) is 1. The fourth-order valence-electron chi connectivity index (χ4n) is 1.87. The zero-order chi connectivity index (χ0) is 14.1. The van der Waals surface area contributed by atoms with E-state index in [2.05, 4.69) is 19.9 Å². The monoisotopic (exact) mass is 309 g/mol. The van der Waals surface area contributed by atoms with Crippen LogP contribution in [-0.2, 0) is 6.54 Å². The van der Waals surface area contributed by atoms with Crippen LogP contribution in [0.5, 0.6) is 5.88 Å². The summed E-state index contributed by atoms with van der Waals surface area (Å²) in [5, 5.41) is 0.793.